The van der Waals surface area contributed by atoms with E-state index >= 15 is 0 Å². The Labute approximate surface area is 192 Å². The lowest BCUT2D eigenvalue weighted by atomic mass is 9.79. The van der Waals surface area contributed by atoms with E-state index in [9.17, 15) is 9.59 Å². The van der Waals surface area contributed by atoms with Gasteiger partial charge in [-0.1, -0.05) is 41.9 Å². The van der Waals surface area contributed by atoms with Gasteiger partial charge in [0.1, 0.15) is 5.75 Å². The lowest BCUT2D eigenvalue weighted by molar-refractivity contribution is -0.125. The zero-order chi connectivity index (χ0) is 22.8. The van der Waals surface area contributed by atoms with Crippen molar-refractivity contribution in [3.63, 3.8) is 0 Å². The molecule has 32 heavy (non-hydrogen) atoms. The minimum atomic E-state index is -0.885. The number of imide groups is 1. The van der Waals surface area contributed by atoms with Gasteiger partial charge in [-0.2, -0.15) is 0 Å². The van der Waals surface area contributed by atoms with Crippen molar-refractivity contribution in [2.45, 2.75) is 26.2 Å². The highest BCUT2D eigenvalue weighted by molar-refractivity contribution is 6.31. The lowest BCUT2D eigenvalue weighted by Crippen LogP contribution is -2.42. The molecule has 0 radical (unpaired) electrons. The predicted octanol–water partition coefficient (Wildman–Crippen LogP) is 5.46. The third-order valence-electron chi connectivity index (χ3n) is 7.17. The first-order valence-electron chi connectivity index (χ1n) is 10.6. The van der Waals surface area contributed by atoms with Crippen LogP contribution in [0, 0.1) is 25.2 Å². The molecule has 0 spiro atoms. The molecular weight excluding hydrogens is 422 g/mol. The Morgan fingerprint density at radius 2 is 1.41 bits per heavy atom. The number of nitrogens with zero attached hydrogens (tertiary/aromatic N) is 1. The smallest absolute Gasteiger partial charge is 0.241 e. The number of piperidine rings is 1. The van der Waals surface area contributed by atoms with E-state index in [4.69, 9.17) is 16.3 Å². The number of fused-ring (bicyclic) bond motifs is 1. The molecule has 1 aliphatic carbocycles. The van der Waals surface area contributed by atoms with Crippen molar-refractivity contribution in [2.75, 3.05) is 12.0 Å². The normalized spacial score (nSPS) is 26.3. The minimum Gasteiger partial charge on any atom is -0.497 e. The largest absolute Gasteiger partial charge is 0.497 e. The maximum atomic E-state index is 13.9. The average Bonchev–Trinajstić information content (AvgIpc) is 3.28. The molecule has 5 heteroatoms. The van der Waals surface area contributed by atoms with E-state index in [1.165, 1.54) is 4.90 Å². The summed E-state index contributed by atoms with van der Waals surface area (Å²) in [6.07, 6.45) is 0. The number of carbonyl (C=O) groups is 2. The van der Waals surface area contributed by atoms with Crippen LogP contribution in [0.3, 0.4) is 0 Å². The number of ether oxygens (including phenoxy) is 1. The molecule has 4 nitrogen and oxygen atoms in total. The van der Waals surface area contributed by atoms with Gasteiger partial charge in [0.05, 0.1) is 24.1 Å². The van der Waals surface area contributed by atoms with Crippen molar-refractivity contribution in [2.24, 2.45) is 11.3 Å². The van der Waals surface area contributed by atoms with Gasteiger partial charge in [0.2, 0.25) is 11.8 Å². The summed E-state index contributed by atoms with van der Waals surface area (Å²) in [5.41, 5.74) is 2.90. The summed E-state index contributed by atoms with van der Waals surface area (Å²) in [6, 6.07) is 21.0. The SMILES string of the molecule is COc1ccc([C@]2(c3ccc(Cl)cc3)C3C(=O)N(c4cc(C)cc(C)c4)C(=O)[C@@]32C)cc1. The zero-order valence-electron chi connectivity index (χ0n) is 18.5. The highest BCUT2D eigenvalue weighted by Crippen LogP contribution is 2.76. The first-order chi connectivity index (χ1) is 15.2. The summed E-state index contributed by atoms with van der Waals surface area (Å²) in [6.45, 7) is 5.86. The van der Waals surface area contributed by atoms with Crippen LogP contribution < -0.4 is 9.64 Å². The number of benzene rings is 3. The number of rotatable bonds is 4. The summed E-state index contributed by atoms with van der Waals surface area (Å²) >= 11 is 6.15. The molecule has 162 valence electrons. The molecule has 0 N–H and O–H groups in total. The first-order valence-corrected chi connectivity index (χ1v) is 11.0. The molecule has 1 unspecified atom stereocenters. The summed E-state index contributed by atoms with van der Waals surface area (Å²) in [4.78, 5) is 29.1. The average molecular weight is 446 g/mol. The molecule has 5 rings (SSSR count). The summed E-state index contributed by atoms with van der Waals surface area (Å²) in [7, 11) is 1.62. The van der Waals surface area contributed by atoms with Crippen molar-refractivity contribution in [1.82, 2.24) is 0 Å². The van der Waals surface area contributed by atoms with Crippen LogP contribution in [0.25, 0.3) is 0 Å². The van der Waals surface area contributed by atoms with Crippen LogP contribution in [0.1, 0.15) is 29.2 Å². The Hall–Kier alpha value is -3.11. The molecule has 3 atom stereocenters. The fourth-order valence-corrected chi connectivity index (χ4v) is 5.92. The van der Waals surface area contributed by atoms with E-state index in [-0.39, 0.29) is 11.8 Å². The number of anilines is 1. The van der Waals surface area contributed by atoms with Crippen molar-refractivity contribution in [3.05, 3.63) is 94.0 Å². The van der Waals surface area contributed by atoms with Crippen LogP contribution in [-0.2, 0) is 15.0 Å². The summed E-state index contributed by atoms with van der Waals surface area (Å²) in [5, 5.41) is 0.615. The van der Waals surface area contributed by atoms with Gasteiger partial charge in [-0.25, -0.2) is 4.90 Å². The van der Waals surface area contributed by atoms with Gasteiger partial charge in [0, 0.05) is 10.4 Å². The molecular formula is C27H24ClNO3. The quantitative estimate of drug-likeness (QED) is 0.501. The monoisotopic (exact) mass is 445 g/mol. The Kier molecular flexibility index (Phi) is 4.51. The molecule has 1 heterocycles. The highest BCUT2D eigenvalue weighted by atomic mass is 35.5. The zero-order valence-corrected chi connectivity index (χ0v) is 19.2. The van der Waals surface area contributed by atoms with Crippen LogP contribution in [-0.4, -0.2) is 18.9 Å². The fraction of sp³-hybridized carbons (Fsp3) is 0.259. The Balaban J connectivity index is 1.67. The number of amides is 2. The maximum absolute atomic E-state index is 13.9. The van der Waals surface area contributed by atoms with Gasteiger partial charge in [0.15, 0.2) is 0 Å². The molecule has 3 aromatic rings. The van der Waals surface area contributed by atoms with E-state index in [0.717, 1.165) is 28.0 Å². The minimum absolute atomic E-state index is 0.159. The van der Waals surface area contributed by atoms with Gasteiger partial charge in [-0.05, 0) is 79.4 Å². The summed E-state index contributed by atoms with van der Waals surface area (Å²) < 4.78 is 5.32. The van der Waals surface area contributed by atoms with E-state index in [0.29, 0.717) is 10.7 Å². The summed E-state index contributed by atoms with van der Waals surface area (Å²) in [5.74, 6) is -0.0834. The van der Waals surface area contributed by atoms with Gasteiger partial charge in [-0.15, -0.1) is 0 Å². The second kappa shape index (κ2) is 6.94. The fourth-order valence-electron chi connectivity index (χ4n) is 5.80. The molecule has 0 aromatic heterocycles. The second-order valence-electron chi connectivity index (χ2n) is 9.00. The lowest BCUT2D eigenvalue weighted by Gasteiger charge is -2.30. The number of hydrogen-bond donors (Lipinski definition) is 0. The van der Waals surface area contributed by atoms with Gasteiger partial charge < -0.3 is 4.74 Å². The molecule has 2 fully saturated rings. The van der Waals surface area contributed by atoms with Crippen molar-refractivity contribution >= 4 is 29.1 Å². The molecule has 3 aromatic carbocycles. The number of carbonyl (C=O) groups excluding carboxylic acids is 2. The molecule has 1 saturated carbocycles. The highest BCUT2D eigenvalue weighted by Gasteiger charge is 2.86. The van der Waals surface area contributed by atoms with E-state index in [1.807, 2.05) is 87.5 Å². The van der Waals surface area contributed by atoms with Crippen molar-refractivity contribution in [3.8, 4) is 5.75 Å². The number of aryl methyl sites for hydroxylation is 2. The first kappa shape index (κ1) is 20.8. The van der Waals surface area contributed by atoms with Crippen LogP contribution in [0.2, 0.25) is 5.02 Å². The topological polar surface area (TPSA) is 46.6 Å². The number of hydrogen-bond acceptors (Lipinski definition) is 3. The second-order valence-corrected chi connectivity index (χ2v) is 9.44. The van der Waals surface area contributed by atoms with Crippen LogP contribution in [0.4, 0.5) is 5.69 Å². The third-order valence-corrected chi connectivity index (χ3v) is 7.42. The van der Waals surface area contributed by atoms with E-state index < -0.39 is 16.7 Å². The standard InChI is InChI=1S/C27H24ClNO3/c1-16-13-17(2)15-21(14-16)29-24(30)23-26(3,25(29)31)27(23,18-5-9-20(28)10-6-18)19-7-11-22(32-4)12-8-19/h5-15,23H,1-4H3/t23?,26-,27-/m1/s1. The number of halogens is 1. The van der Waals surface area contributed by atoms with Crippen LogP contribution in [0.5, 0.6) is 5.75 Å². The molecule has 1 saturated heterocycles. The predicted molar refractivity (Wildman–Crippen MR) is 125 cm³/mol. The molecule has 2 amide bonds. The maximum Gasteiger partial charge on any atom is 0.241 e. The van der Waals surface area contributed by atoms with Gasteiger partial charge in [0.25, 0.3) is 0 Å². The van der Waals surface area contributed by atoms with E-state index in [2.05, 4.69) is 0 Å². The number of methoxy groups -OCH3 is 1. The Bertz CT molecular complexity index is 1230. The Morgan fingerprint density at radius 1 is 0.875 bits per heavy atom. The van der Waals surface area contributed by atoms with Crippen molar-refractivity contribution in [1.29, 1.82) is 0 Å². The molecule has 2 aliphatic rings. The molecule has 0 bridgehead atoms. The third kappa shape index (κ3) is 2.56. The van der Waals surface area contributed by atoms with Gasteiger partial charge in [-0.3, -0.25) is 9.59 Å². The van der Waals surface area contributed by atoms with Gasteiger partial charge >= 0.3 is 0 Å². The van der Waals surface area contributed by atoms with E-state index in [1.54, 1.807) is 7.11 Å². The van der Waals surface area contributed by atoms with Crippen LogP contribution >= 0.6 is 11.6 Å². The van der Waals surface area contributed by atoms with Crippen LogP contribution in [0.15, 0.2) is 66.7 Å². The molecule has 1 aliphatic heterocycles. The van der Waals surface area contributed by atoms with Crippen molar-refractivity contribution < 1.29 is 14.3 Å². The Morgan fingerprint density at radius 3 is 1.88 bits per heavy atom.